The van der Waals surface area contributed by atoms with Gasteiger partial charge in [-0.25, -0.2) is 4.98 Å². The Morgan fingerprint density at radius 1 is 1.24 bits per heavy atom. The number of aromatic nitrogens is 1. The number of morpholine rings is 1. The van der Waals surface area contributed by atoms with Crippen LogP contribution in [-0.4, -0.2) is 68.8 Å². The van der Waals surface area contributed by atoms with Gasteiger partial charge in [-0.2, -0.15) is 0 Å². The fraction of sp³-hybridized carbons (Fsp3) is 0.810. The summed E-state index contributed by atoms with van der Waals surface area (Å²) >= 11 is 1.82. The van der Waals surface area contributed by atoms with Gasteiger partial charge in [0.25, 0.3) is 0 Å². The molecule has 166 valence electrons. The van der Waals surface area contributed by atoms with E-state index in [4.69, 9.17) is 4.74 Å². The molecule has 0 aromatic carbocycles. The van der Waals surface area contributed by atoms with Gasteiger partial charge in [0.05, 0.1) is 18.2 Å². The topological polar surface area (TPSA) is 61.8 Å². The average Bonchev–Trinajstić information content (AvgIpc) is 3.20. The molecular formula is C21H38IN5OS. The van der Waals surface area contributed by atoms with E-state index >= 15 is 0 Å². The van der Waals surface area contributed by atoms with Crippen molar-refractivity contribution in [1.82, 2.24) is 20.5 Å². The largest absolute Gasteiger partial charge is 0.379 e. The molecule has 2 aliphatic rings. The molecule has 8 heteroatoms. The average molecular weight is 536 g/mol. The molecule has 3 rings (SSSR count). The van der Waals surface area contributed by atoms with Crippen LogP contribution in [-0.2, 0) is 17.6 Å². The van der Waals surface area contributed by atoms with E-state index in [1.54, 1.807) is 0 Å². The summed E-state index contributed by atoms with van der Waals surface area (Å²) in [6.45, 7) is 9.13. The second-order valence-electron chi connectivity index (χ2n) is 8.13. The lowest BCUT2D eigenvalue weighted by atomic mass is 9.73. The van der Waals surface area contributed by atoms with E-state index in [2.05, 4.69) is 32.4 Å². The third-order valence-corrected chi connectivity index (χ3v) is 7.21. The Labute approximate surface area is 197 Å². The Morgan fingerprint density at radius 2 is 2.00 bits per heavy atom. The number of aliphatic imine (C=N–C) groups is 1. The first kappa shape index (κ1) is 24.8. The first-order valence-electron chi connectivity index (χ1n) is 10.9. The number of nitrogens with one attached hydrogen (secondary N) is 2. The van der Waals surface area contributed by atoms with Crippen molar-refractivity contribution in [3.05, 3.63) is 16.1 Å². The van der Waals surface area contributed by atoms with Gasteiger partial charge in [-0.05, 0) is 19.3 Å². The lowest BCUT2D eigenvalue weighted by Crippen LogP contribution is -2.51. The maximum atomic E-state index is 5.54. The molecule has 1 aliphatic carbocycles. The highest BCUT2D eigenvalue weighted by Gasteiger charge is 2.34. The molecule has 0 amide bonds. The number of guanidine groups is 1. The van der Waals surface area contributed by atoms with E-state index in [0.717, 1.165) is 58.2 Å². The monoisotopic (exact) mass is 535 g/mol. The van der Waals surface area contributed by atoms with Gasteiger partial charge in [0, 0.05) is 62.7 Å². The van der Waals surface area contributed by atoms with Crippen LogP contribution in [0.5, 0.6) is 0 Å². The molecule has 1 aromatic heterocycles. The lowest BCUT2D eigenvalue weighted by Gasteiger charge is -2.42. The summed E-state index contributed by atoms with van der Waals surface area (Å²) in [4.78, 5) is 12.9. The maximum absolute atomic E-state index is 5.54. The number of hydrogen-bond acceptors (Lipinski definition) is 5. The van der Waals surface area contributed by atoms with Crippen molar-refractivity contribution in [2.45, 2.75) is 51.9 Å². The van der Waals surface area contributed by atoms with Crippen LogP contribution < -0.4 is 10.6 Å². The highest BCUT2D eigenvalue weighted by atomic mass is 127. The summed E-state index contributed by atoms with van der Waals surface area (Å²) in [6.07, 6.45) is 10.7. The van der Waals surface area contributed by atoms with Crippen LogP contribution >= 0.6 is 35.3 Å². The highest BCUT2D eigenvalue weighted by molar-refractivity contribution is 14.0. The van der Waals surface area contributed by atoms with Gasteiger partial charge < -0.3 is 15.4 Å². The van der Waals surface area contributed by atoms with E-state index in [1.165, 1.54) is 48.5 Å². The quantitative estimate of drug-likeness (QED) is 0.304. The number of aryl methyl sites for hydroxylation is 1. The van der Waals surface area contributed by atoms with Gasteiger partial charge in [-0.1, -0.05) is 26.2 Å². The van der Waals surface area contributed by atoms with E-state index < -0.39 is 0 Å². The SMILES string of the molecule is CCc1cnc(CCNC(=NC)NCC2(CN3CCOCC3)CCCCC2)s1.I. The van der Waals surface area contributed by atoms with Gasteiger partial charge in [0.2, 0.25) is 0 Å². The number of halogens is 1. The molecule has 2 fully saturated rings. The van der Waals surface area contributed by atoms with Gasteiger partial charge in [0.1, 0.15) is 0 Å². The number of nitrogens with zero attached hydrogens (tertiary/aromatic N) is 3. The van der Waals surface area contributed by atoms with Crippen LogP contribution in [0, 0.1) is 5.41 Å². The fourth-order valence-electron chi connectivity index (χ4n) is 4.33. The minimum absolute atomic E-state index is 0. The van der Waals surface area contributed by atoms with E-state index in [1.807, 2.05) is 24.6 Å². The Morgan fingerprint density at radius 3 is 2.66 bits per heavy atom. The first-order chi connectivity index (χ1) is 13.7. The van der Waals surface area contributed by atoms with Crippen molar-refractivity contribution in [3.8, 4) is 0 Å². The Bertz CT molecular complexity index is 612. The van der Waals surface area contributed by atoms with Gasteiger partial charge in [0.15, 0.2) is 5.96 Å². The summed E-state index contributed by atoms with van der Waals surface area (Å²) in [6, 6.07) is 0. The van der Waals surface area contributed by atoms with Crippen molar-refractivity contribution in [2.24, 2.45) is 10.4 Å². The van der Waals surface area contributed by atoms with Crippen LogP contribution in [0.2, 0.25) is 0 Å². The minimum Gasteiger partial charge on any atom is -0.379 e. The second-order valence-corrected chi connectivity index (χ2v) is 9.33. The molecule has 0 spiro atoms. The zero-order chi connectivity index (χ0) is 19.7. The third kappa shape index (κ3) is 7.95. The molecule has 0 radical (unpaired) electrons. The molecule has 0 bridgehead atoms. The Hall–Kier alpha value is -0.450. The Kier molecular flexibility index (Phi) is 11.2. The molecule has 0 atom stereocenters. The smallest absolute Gasteiger partial charge is 0.191 e. The van der Waals surface area contributed by atoms with Crippen LogP contribution in [0.25, 0.3) is 0 Å². The van der Waals surface area contributed by atoms with Crippen molar-refractivity contribution in [1.29, 1.82) is 0 Å². The number of rotatable bonds is 8. The zero-order valence-electron chi connectivity index (χ0n) is 18.0. The highest BCUT2D eigenvalue weighted by Crippen LogP contribution is 2.36. The summed E-state index contributed by atoms with van der Waals surface area (Å²) in [5.41, 5.74) is 0.360. The van der Waals surface area contributed by atoms with Crippen LogP contribution in [0.1, 0.15) is 48.9 Å². The minimum atomic E-state index is 0. The predicted molar refractivity (Wildman–Crippen MR) is 133 cm³/mol. The molecule has 1 aliphatic heterocycles. The number of ether oxygens (including phenoxy) is 1. The summed E-state index contributed by atoms with van der Waals surface area (Å²) in [5.74, 6) is 0.916. The van der Waals surface area contributed by atoms with Crippen molar-refractivity contribution in [2.75, 3.05) is 53.0 Å². The standard InChI is InChI=1S/C21H37N5OS.HI/c1-3-18-15-24-19(28-18)7-10-23-20(22-2)25-16-21(8-5-4-6-9-21)17-26-11-13-27-14-12-26;/h15H,3-14,16-17H2,1-2H3,(H2,22,23,25);1H. The molecule has 29 heavy (non-hydrogen) atoms. The van der Waals surface area contributed by atoms with Crippen molar-refractivity contribution in [3.63, 3.8) is 0 Å². The molecular weight excluding hydrogens is 497 g/mol. The van der Waals surface area contributed by atoms with E-state index in [9.17, 15) is 0 Å². The Balaban J connectivity index is 0.00000300. The maximum Gasteiger partial charge on any atom is 0.191 e. The van der Waals surface area contributed by atoms with E-state index in [-0.39, 0.29) is 24.0 Å². The summed E-state index contributed by atoms with van der Waals surface area (Å²) < 4.78 is 5.54. The molecule has 1 saturated carbocycles. The van der Waals surface area contributed by atoms with E-state index in [0.29, 0.717) is 5.41 Å². The molecule has 2 N–H and O–H groups in total. The second kappa shape index (κ2) is 13.1. The first-order valence-corrected chi connectivity index (χ1v) is 11.7. The lowest BCUT2D eigenvalue weighted by molar-refractivity contribution is 0.00820. The molecule has 2 heterocycles. The van der Waals surface area contributed by atoms with Crippen LogP contribution in [0.4, 0.5) is 0 Å². The van der Waals surface area contributed by atoms with Gasteiger partial charge >= 0.3 is 0 Å². The van der Waals surface area contributed by atoms with Gasteiger partial charge in [-0.15, -0.1) is 35.3 Å². The predicted octanol–water partition coefficient (Wildman–Crippen LogP) is 3.31. The summed E-state index contributed by atoms with van der Waals surface area (Å²) in [7, 11) is 1.86. The van der Waals surface area contributed by atoms with Crippen molar-refractivity contribution < 1.29 is 4.74 Å². The third-order valence-electron chi connectivity index (χ3n) is 6.01. The van der Waals surface area contributed by atoms with Crippen LogP contribution in [0.15, 0.2) is 11.2 Å². The number of thiazole rings is 1. The fourth-order valence-corrected chi connectivity index (χ4v) is 5.19. The van der Waals surface area contributed by atoms with Crippen molar-refractivity contribution >= 4 is 41.3 Å². The summed E-state index contributed by atoms with van der Waals surface area (Å²) in [5, 5.41) is 8.32. The molecule has 1 aromatic rings. The van der Waals surface area contributed by atoms with Gasteiger partial charge in [-0.3, -0.25) is 9.89 Å². The number of hydrogen-bond donors (Lipinski definition) is 2. The normalized spacial score (nSPS) is 20.1. The zero-order valence-corrected chi connectivity index (χ0v) is 21.2. The van der Waals surface area contributed by atoms with Crippen LogP contribution in [0.3, 0.4) is 0 Å². The molecule has 6 nitrogen and oxygen atoms in total. The molecule has 0 unspecified atom stereocenters. The molecule has 1 saturated heterocycles.